The third-order valence-corrected chi connectivity index (χ3v) is 2.89. The van der Waals surface area contributed by atoms with Gasteiger partial charge >= 0.3 is 11.9 Å². The Labute approximate surface area is 109 Å². The Balaban J connectivity index is 2.34. The molecule has 1 aliphatic heterocycles. The van der Waals surface area contributed by atoms with Gasteiger partial charge < -0.3 is 14.2 Å². The SMILES string of the molecule is COC(=O)[C@@H]1O[C@]1(C(=O)OC)C(=O)c1ccccc1. The Kier molecular flexibility index (Phi) is 3.35. The number of epoxide rings is 1. The maximum absolute atomic E-state index is 12.3. The van der Waals surface area contributed by atoms with Crippen LogP contribution in [0.1, 0.15) is 10.4 Å². The molecular formula is C13H12O6. The molecule has 1 aromatic rings. The standard InChI is InChI=1S/C13H12O6/c1-17-11(15)10-13(19-10,12(16)18-2)9(14)8-6-4-3-5-7-8/h3-7,10H,1-2H3/t10-,13+/m0/s1. The molecule has 0 amide bonds. The minimum atomic E-state index is -1.91. The molecule has 0 unspecified atom stereocenters. The predicted molar refractivity (Wildman–Crippen MR) is 62.4 cm³/mol. The van der Waals surface area contributed by atoms with E-state index in [1.807, 2.05) is 0 Å². The molecule has 1 saturated heterocycles. The summed E-state index contributed by atoms with van der Waals surface area (Å²) in [4.78, 5) is 35.5. The molecular weight excluding hydrogens is 252 g/mol. The highest BCUT2D eigenvalue weighted by atomic mass is 16.7. The summed E-state index contributed by atoms with van der Waals surface area (Å²) in [6.45, 7) is 0. The summed E-state index contributed by atoms with van der Waals surface area (Å²) in [6, 6.07) is 8.08. The van der Waals surface area contributed by atoms with Crippen LogP contribution in [0.15, 0.2) is 30.3 Å². The summed E-state index contributed by atoms with van der Waals surface area (Å²) >= 11 is 0. The summed E-state index contributed by atoms with van der Waals surface area (Å²) in [7, 11) is 2.28. The van der Waals surface area contributed by atoms with Gasteiger partial charge in [0.1, 0.15) is 0 Å². The lowest BCUT2D eigenvalue weighted by atomic mass is 9.94. The second kappa shape index (κ2) is 4.81. The van der Waals surface area contributed by atoms with Gasteiger partial charge in [-0.2, -0.15) is 0 Å². The van der Waals surface area contributed by atoms with Crippen LogP contribution < -0.4 is 0 Å². The molecule has 2 rings (SSSR count). The van der Waals surface area contributed by atoms with Crippen LogP contribution in [-0.4, -0.2) is 43.6 Å². The van der Waals surface area contributed by atoms with Crippen molar-refractivity contribution >= 4 is 17.7 Å². The van der Waals surface area contributed by atoms with Gasteiger partial charge in [0.05, 0.1) is 14.2 Å². The maximum atomic E-state index is 12.3. The molecule has 0 bridgehead atoms. The van der Waals surface area contributed by atoms with Crippen LogP contribution >= 0.6 is 0 Å². The van der Waals surface area contributed by atoms with E-state index in [-0.39, 0.29) is 5.56 Å². The van der Waals surface area contributed by atoms with E-state index in [1.165, 1.54) is 12.1 Å². The average Bonchev–Trinajstić information content (AvgIpc) is 3.22. The lowest BCUT2D eigenvalue weighted by Crippen LogP contribution is -2.40. The van der Waals surface area contributed by atoms with Crippen LogP contribution in [-0.2, 0) is 23.8 Å². The predicted octanol–water partition coefficient (Wildman–Crippen LogP) is 0.353. The first-order valence-electron chi connectivity index (χ1n) is 5.51. The zero-order valence-electron chi connectivity index (χ0n) is 10.4. The van der Waals surface area contributed by atoms with Gasteiger partial charge in [-0.1, -0.05) is 30.3 Å². The van der Waals surface area contributed by atoms with Gasteiger partial charge in [-0.05, 0) is 0 Å². The highest BCUT2D eigenvalue weighted by molar-refractivity contribution is 6.21. The fourth-order valence-electron chi connectivity index (χ4n) is 1.85. The maximum Gasteiger partial charge on any atom is 0.349 e. The highest BCUT2D eigenvalue weighted by Gasteiger charge is 2.73. The molecule has 0 aromatic heterocycles. The molecule has 1 fully saturated rings. The monoisotopic (exact) mass is 264 g/mol. The number of methoxy groups -OCH3 is 2. The molecule has 0 spiro atoms. The average molecular weight is 264 g/mol. The van der Waals surface area contributed by atoms with E-state index in [9.17, 15) is 14.4 Å². The Morgan fingerprint density at radius 1 is 1.11 bits per heavy atom. The molecule has 6 nitrogen and oxygen atoms in total. The van der Waals surface area contributed by atoms with Gasteiger partial charge in [0.15, 0.2) is 0 Å². The van der Waals surface area contributed by atoms with Crippen LogP contribution in [0.3, 0.4) is 0 Å². The van der Waals surface area contributed by atoms with Crippen molar-refractivity contribution in [2.75, 3.05) is 14.2 Å². The number of rotatable bonds is 4. The van der Waals surface area contributed by atoms with E-state index in [4.69, 9.17) is 4.74 Å². The molecule has 1 heterocycles. The summed E-state index contributed by atoms with van der Waals surface area (Å²) < 4.78 is 14.1. The van der Waals surface area contributed by atoms with E-state index in [0.29, 0.717) is 0 Å². The zero-order chi connectivity index (χ0) is 14.0. The fourth-order valence-corrected chi connectivity index (χ4v) is 1.85. The summed E-state index contributed by atoms with van der Waals surface area (Å²) in [5, 5.41) is 0. The van der Waals surface area contributed by atoms with Crippen LogP contribution in [0.5, 0.6) is 0 Å². The van der Waals surface area contributed by atoms with Crippen molar-refractivity contribution in [3.05, 3.63) is 35.9 Å². The lowest BCUT2D eigenvalue weighted by molar-refractivity contribution is -0.146. The molecule has 6 heteroatoms. The first-order valence-corrected chi connectivity index (χ1v) is 5.51. The Morgan fingerprint density at radius 3 is 2.26 bits per heavy atom. The van der Waals surface area contributed by atoms with Gasteiger partial charge in [0, 0.05) is 5.56 Å². The molecule has 0 radical (unpaired) electrons. The van der Waals surface area contributed by atoms with Crippen molar-refractivity contribution in [1.82, 2.24) is 0 Å². The number of carbonyl (C=O) groups excluding carboxylic acids is 3. The number of Topliss-reactive ketones (excluding diaryl/α,β-unsaturated/α-hetero) is 1. The zero-order valence-corrected chi connectivity index (χ0v) is 10.4. The number of ketones is 1. The Bertz CT molecular complexity index is 523. The third kappa shape index (κ3) is 2.00. The molecule has 19 heavy (non-hydrogen) atoms. The summed E-state index contributed by atoms with van der Waals surface area (Å²) in [6.07, 6.45) is -1.25. The smallest absolute Gasteiger partial charge is 0.349 e. The first kappa shape index (κ1) is 13.2. The summed E-state index contributed by atoms with van der Waals surface area (Å²) in [5.41, 5.74) is -1.65. The van der Waals surface area contributed by atoms with Gasteiger partial charge in [-0.3, -0.25) is 4.79 Å². The van der Waals surface area contributed by atoms with E-state index < -0.39 is 29.4 Å². The molecule has 2 atom stereocenters. The second-order valence-corrected chi connectivity index (χ2v) is 3.94. The largest absolute Gasteiger partial charge is 0.467 e. The van der Waals surface area contributed by atoms with Gasteiger partial charge in [0.2, 0.25) is 11.9 Å². The lowest BCUT2D eigenvalue weighted by Gasteiger charge is -2.09. The fraction of sp³-hybridized carbons (Fsp3) is 0.308. The van der Waals surface area contributed by atoms with E-state index in [1.54, 1.807) is 18.2 Å². The quantitative estimate of drug-likeness (QED) is 0.338. The Morgan fingerprint density at radius 2 is 1.74 bits per heavy atom. The van der Waals surface area contributed by atoms with E-state index in [0.717, 1.165) is 14.2 Å². The number of hydrogen-bond acceptors (Lipinski definition) is 6. The van der Waals surface area contributed by atoms with Crippen molar-refractivity contribution in [3.8, 4) is 0 Å². The number of ether oxygens (including phenoxy) is 3. The number of hydrogen-bond donors (Lipinski definition) is 0. The van der Waals surface area contributed by atoms with Gasteiger partial charge in [-0.25, -0.2) is 9.59 Å². The highest BCUT2D eigenvalue weighted by Crippen LogP contribution is 2.41. The van der Waals surface area contributed by atoms with Crippen molar-refractivity contribution in [3.63, 3.8) is 0 Å². The first-order chi connectivity index (χ1) is 9.07. The van der Waals surface area contributed by atoms with Gasteiger partial charge in [-0.15, -0.1) is 0 Å². The van der Waals surface area contributed by atoms with Crippen LogP contribution in [0.4, 0.5) is 0 Å². The normalized spacial score (nSPS) is 24.4. The van der Waals surface area contributed by atoms with Crippen molar-refractivity contribution in [2.24, 2.45) is 0 Å². The molecule has 1 aliphatic rings. The topological polar surface area (TPSA) is 82.2 Å². The molecule has 0 saturated carbocycles. The second-order valence-electron chi connectivity index (χ2n) is 3.94. The summed E-state index contributed by atoms with van der Waals surface area (Å²) in [5.74, 6) is -2.30. The van der Waals surface area contributed by atoms with Crippen molar-refractivity contribution in [1.29, 1.82) is 0 Å². The van der Waals surface area contributed by atoms with Crippen molar-refractivity contribution in [2.45, 2.75) is 11.7 Å². The number of benzene rings is 1. The number of carbonyl (C=O) groups is 3. The molecule has 0 N–H and O–H groups in total. The van der Waals surface area contributed by atoms with E-state index in [2.05, 4.69) is 9.47 Å². The molecule has 1 aromatic carbocycles. The van der Waals surface area contributed by atoms with Gasteiger partial charge in [0.25, 0.3) is 5.60 Å². The minimum Gasteiger partial charge on any atom is -0.467 e. The van der Waals surface area contributed by atoms with E-state index >= 15 is 0 Å². The number of esters is 2. The third-order valence-electron chi connectivity index (χ3n) is 2.89. The van der Waals surface area contributed by atoms with Crippen LogP contribution in [0.25, 0.3) is 0 Å². The Hall–Kier alpha value is -2.21. The molecule has 0 aliphatic carbocycles. The minimum absolute atomic E-state index is 0.263. The van der Waals surface area contributed by atoms with Crippen LogP contribution in [0, 0.1) is 0 Å². The van der Waals surface area contributed by atoms with Crippen LogP contribution in [0.2, 0.25) is 0 Å². The van der Waals surface area contributed by atoms with Crippen molar-refractivity contribution < 1.29 is 28.6 Å². The molecule has 100 valence electrons.